The highest BCUT2D eigenvalue weighted by atomic mass is 32.2. The molecular weight excluding hydrogens is 452 g/mol. The minimum Gasteiger partial charge on any atom is -0.497 e. The molecule has 0 unspecified atom stereocenters. The monoisotopic (exact) mass is 484 g/mol. The van der Waals surface area contributed by atoms with Gasteiger partial charge in [-0.15, -0.1) is 11.8 Å². The second-order valence-corrected chi connectivity index (χ2v) is 9.98. The van der Waals surface area contributed by atoms with Crippen LogP contribution in [0.5, 0.6) is 5.75 Å². The Morgan fingerprint density at radius 1 is 1.35 bits per heavy atom. The Morgan fingerprint density at radius 2 is 2.21 bits per heavy atom. The van der Waals surface area contributed by atoms with Crippen molar-refractivity contribution in [3.63, 3.8) is 0 Å². The molecule has 0 radical (unpaired) electrons. The van der Waals surface area contributed by atoms with Crippen LogP contribution in [0.3, 0.4) is 0 Å². The minimum absolute atomic E-state index is 0.0516. The van der Waals surface area contributed by atoms with Gasteiger partial charge >= 0.3 is 5.97 Å². The number of aryl methyl sites for hydroxylation is 1. The van der Waals surface area contributed by atoms with Crippen LogP contribution in [0.1, 0.15) is 30.9 Å². The van der Waals surface area contributed by atoms with E-state index in [1.165, 1.54) is 0 Å². The molecular formula is C25H32N4O4S. The summed E-state index contributed by atoms with van der Waals surface area (Å²) >= 11 is 1.74. The number of imidazole rings is 1. The number of aliphatic carboxylic acids is 1. The number of carboxylic acids is 1. The molecule has 1 aromatic carbocycles. The third-order valence-electron chi connectivity index (χ3n) is 6.74. The molecule has 4 rings (SSSR count). The Hall–Kier alpha value is -2.62. The number of benzene rings is 1. The van der Waals surface area contributed by atoms with Crippen LogP contribution in [0.4, 0.5) is 0 Å². The van der Waals surface area contributed by atoms with E-state index in [1.807, 2.05) is 42.1 Å². The highest BCUT2D eigenvalue weighted by Crippen LogP contribution is 2.34. The molecule has 2 N–H and O–H groups in total. The summed E-state index contributed by atoms with van der Waals surface area (Å²) in [6, 6.07) is 7.46. The van der Waals surface area contributed by atoms with Crippen molar-refractivity contribution in [3.05, 3.63) is 48.5 Å². The lowest BCUT2D eigenvalue weighted by molar-refractivity contribution is -0.146. The van der Waals surface area contributed by atoms with Crippen LogP contribution < -0.4 is 4.74 Å². The summed E-state index contributed by atoms with van der Waals surface area (Å²) in [7, 11) is 3.59. The zero-order valence-corrected chi connectivity index (χ0v) is 20.4. The summed E-state index contributed by atoms with van der Waals surface area (Å²) < 4.78 is 7.32. The molecule has 0 spiro atoms. The number of ether oxygens (including phenoxy) is 1. The van der Waals surface area contributed by atoms with Gasteiger partial charge in [0.1, 0.15) is 5.75 Å². The second-order valence-electron chi connectivity index (χ2n) is 8.86. The summed E-state index contributed by atoms with van der Waals surface area (Å²) in [5.74, 6) is 0.498. The van der Waals surface area contributed by atoms with Crippen LogP contribution in [0.2, 0.25) is 0 Å². The first-order chi connectivity index (χ1) is 16.5. The van der Waals surface area contributed by atoms with Gasteiger partial charge in [-0.05, 0) is 61.6 Å². The van der Waals surface area contributed by atoms with Gasteiger partial charge in [0.25, 0.3) is 0 Å². The largest absolute Gasteiger partial charge is 0.497 e. The first kappa shape index (κ1) is 24.5. The molecule has 2 aromatic heterocycles. The SMILES string of the molecule is COc1ccc2nccc([C@@H](O)CC[C@@H]3CCN(CCSc4cncn4C)C[C@@H]3C(=O)O)c2c1. The van der Waals surface area contributed by atoms with Crippen LogP contribution in [-0.4, -0.2) is 68.1 Å². The van der Waals surface area contributed by atoms with Gasteiger partial charge in [-0.3, -0.25) is 9.78 Å². The molecule has 0 bridgehead atoms. The number of methoxy groups -OCH3 is 1. The summed E-state index contributed by atoms with van der Waals surface area (Å²) in [4.78, 5) is 22.8. The standard InChI is InChI=1S/C25H32N4O4S/c1-28-16-26-14-24(28)34-12-11-29-10-8-17(21(15-29)25(31)32)3-6-23(30)19-7-9-27-22-5-4-18(33-2)13-20(19)22/h4-5,7,9,13-14,16-17,21,23,30H,3,6,8,10-12,15H2,1-2H3,(H,31,32)/t17-,21+,23+/m1/s1. The van der Waals surface area contributed by atoms with E-state index >= 15 is 0 Å². The number of carboxylic acid groups (broad SMARTS) is 1. The van der Waals surface area contributed by atoms with E-state index in [-0.39, 0.29) is 5.92 Å². The Labute approximate surface area is 204 Å². The number of thioether (sulfide) groups is 1. The van der Waals surface area contributed by atoms with Crippen molar-refractivity contribution in [1.29, 1.82) is 0 Å². The maximum absolute atomic E-state index is 12.0. The van der Waals surface area contributed by atoms with E-state index in [0.29, 0.717) is 25.1 Å². The maximum atomic E-state index is 12.0. The molecule has 1 saturated heterocycles. The Kier molecular flexibility index (Phi) is 8.07. The quantitative estimate of drug-likeness (QED) is 0.421. The van der Waals surface area contributed by atoms with Crippen molar-refractivity contribution >= 4 is 28.6 Å². The molecule has 3 aromatic rings. The zero-order chi connectivity index (χ0) is 24.1. The minimum atomic E-state index is -0.748. The fourth-order valence-electron chi connectivity index (χ4n) is 4.75. The number of aromatic nitrogens is 3. The van der Waals surface area contributed by atoms with Crippen LogP contribution in [0.25, 0.3) is 10.9 Å². The highest BCUT2D eigenvalue weighted by molar-refractivity contribution is 7.99. The van der Waals surface area contributed by atoms with Crippen molar-refractivity contribution in [2.75, 3.05) is 32.5 Å². The predicted molar refractivity (Wildman–Crippen MR) is 132 cm³/mol. The van der Waals surface area contributed by atoms with E-state index in [0.717, 1.165) is 46.8 Å². The number of likely N-dealkylation sites (tertiary alicyclic amines) is 1. The molecule has 182 valence electrons. The van der Waals surface area contributed by atoms with Gasteiger partial charge in [0.15, 0.2) is 0 Å². The summed E-state index contributed by atoms with van der Waals surface area (Å²) in [5.41, 5.74) is 1.61. The molecule has 34 heavy (non-hydrogen) atoms. The van der Waals surface area contributed by atoms with E-state index in [1.54, 1.807) is 31.4 Å². The van der Waals surface area contributed by atoms with Gasteiger partial charge in [0.2, 0.25) is 0 Å². The molecule has 1 aliphatic rings. The van der Waals surface area contributed by atoms with Gasteiger partial charge in [-0.25, -0.2) is 4.98 Å². The van der Waals surface area contributed by atoms with Crippen molar-refractivity contribution in [2.24, 2.45) is 18.9 Å². The number of aliphatic hydroxyl groups excluding tert-OH is 1. The Bertz CT molecular complexity index is 1120. The summed E-state index contributed by atoms with van der Waals surface area (Å²) in [5, 5.41) is 22.9. The fraction of sp³-hybridized carbons (Fsp3) is 0.480. The average Bonchev–Trinajstić information content (AvgIpc) is 3.26. The van der Waals surface area contributed by atoms with Crippen molar-refractivity contribution in [1.82, 2.24) is 19.4 Å². The number of hydrogen-bond acceptors (Lipinski definition) is 7. The van der Waals surface area contributed by atoms with Crippen molar-refractivity contribution in [2.45, 2.75) is 30.4 Å². The number of fused-ring (bicyclic) bond motifs is 1. The van der Waals surface area contributed by atoms with Crippen LogP contribution in [0, 0.1) is 11.8 Å². The lowest BCUT2D eigenvalue weighted by atomic mass is 9.81. The number of piperidine rings is 1. The number of rotatable bonds is 10. The number of carbonyl (C=O) groups is 1. The smallest absolute Gasteiger partial charge is 0.308 e. The molecule has 9 heteroatoms. The van der Waals surface area contributed by atoms with Crippen LogP contribution in [-0.2, 0) is 11.8 Å². The molecule has 0 amide bonds. The van der Waals surface area contributed by atoms with E-state index in [2.05, 4.69) is 14.9 Å². The number of aliphatic hydroxyl groups is 1. The van der Waals surface area contributed by atoms with Crippen molar-refractivity contribution in [3.8, 4) is 5.75 Å². The second kappa shape index (κ2) is 11.2. The maximum Gasteiger partial charge on any atom is 0.308 e. The molecule has 1 fully saturated rings. The molecule has 1 aliphatic heterocycles. The fourth-order valence-corrected chi connectivity index (χ4v) is 5.70. The van der Waals surface area contributed by atoms with Crippen molar-refractivity contribution < 1.29 is 19.7 Å². The van der Waals surface area contributed by atoms with E-state index < -0.39 is 18.0 Å². The summed E-state index contributed by atoms with van der Waals surface area (Å²) in [6.45, 7) is 2.28. The number of hydrogen-bond donors (Lipinski definition) is 2. The van der Waals surface area contributed by atoms with E-state index in [9.17, 15) is 15.0 Å². The van der Waals surface area contributed by atoms with Crippen LogP contribution in [0.15, 0.2) is 48.0 Å². The van der Waals surface area contributed by atoms with E-state index in [4.69, 9.17) is 4.74 Å². The average molecular weight is 485 g/mol. The first-order valence-corrected chi connectivity index (χ1v) is 12.6. The Morgan fingerprint density at radius 3 is 2.94 bits per heavy atom. The van der Waals surface area contributed by atoms with Gasteiger partial charge in [0.05, 0.1) is 42.2 Å². The lowest BCUT2D eigenvalue weighted by Gasteiger charge is -2.36. The van der Waals surface area contributed by atoms with Gasteiger partial charge < -0.3 is 24.4 Å². The molecule has 3 heterocycles. The molecule has 0 aliphatic carbocycles. The van der Waals surface area contributed by atoms with Gasteiger partial charge in [0, 0.05) is 37.5 Å². The lowest BCUT2D eigenvalue weighted by Crippen LogP contribution is -2.44. The molecule has 0 saturated carbocycles. The third kappa shape index (κ3) is 5.71. The highest BCUT2D eigenvalue weighted by Gasteiger charge is 2.34. The third-order valence-corrected chi connectivity index (χ3v) is 7.82. The number of pyridine rings is 1. The summed E-state index contributed by atoms with van der Waals surface area (Å²) in [6.07, 6.45) is 6.67. The predicted octanol–water partition coefficient (Wildman–Crippen LogP) is 3.61. The Balaban J connectivity index is 1.34. The first-order valence-electron chi connectivity index (χ1n) is 11.6. The molecule has 3 atom stereocenters. The van der Waals surface area contributed by atoms with Gasteiger partial charge in [-0.1, -0.05) is 0 Å². The van der Waals surface area contributed by atoms with Crippen LogP contribution >= 0.6 is 11.8 Å². The molecule has 8 nitrogen and oxygen atoms in total. The topological polar surface area (TPSA) is 101 Å². The number of nitrogens with zero attached hydrogens (tertiary/aromatic N) is 4. The van der Waals surface area contributed by atoms with Gasteiger partial charge in [-0.2, -0.15) is 0 Å². The normalized spacial score (nSPS) is 19.9. The zero-order valence-electron chi connectivity index (χ0n) is 19.6.